The van der Waals surface area contributed by atoms with Crippen LogP contribution >= 0.6 is 0 Å². The standard InChI is InChI=1S/C25H22N4O6/c1-16-12-24(27(17(2)30)19-8-4-3-5-9-19)22-10-6-7-11-23(22)26(16)25(31)18-13-20(28(32)33)15-21(14-18)29(34)35/h3-11,13-16,24H,12H2,1-2H3/t16-,24+/m1/s1. The maximum atomic E-state index is 13.6. The highest BCUT2D eigenvalue weighted by Crippen LogP contribution is 2.43. The third-order valence-corrected chi connectivity index (χ3v) is 6.04. The van der Waals surface area contributed by atoms with Crippen molar-refractivity contribution >= 4 is 34.6 Å². The third-order valence-electron chi connectivity index (χ3n) is 6.04. The van der Waals surface area contributed by atoms with Crippen LogP contribution in [0.15, 0.2) is 72.8 Å². The Labute approximate surface area is 200 Å². The Bertz CT molecular complexity index is 1290. The number of fused-ring (bicyclic) bond motifs is 1. The zero-order valence-corrected chi connectivity index (χ0v) is 19.0. The van der Waals surface area contributed by atoms with Gasteiger partial charge < -0.3 is 9.80 Å². The lowest BCUT2D eigenvalue weighted by molar-refractivity contribution is -0.394. The van der Waals surface area contributed by atoms with Crippen LogP contribution in [-0.4, -0.2) is 27.7 Å². The summed E-state index contributed by atoms with van der Waals surface area (Å²) in [5.41, 5.74) is 0.768. The van der Waals surface area contributed by atoms with Crippen molar-refractivity contribution in [2.24, 2.45) is 0 Å². The van der Waals surface area contributed by atoms with E-state index >= 15 is 0 Å². The topological polar surface area (TPSA) is 127 Å². The summed E-state index contributed by atoms with van der Waals surface area (Å²) in [7, 11) is 0. The fourth-order valence-corrected chi connectivity index (χ4v) is 4.57. The number of carbonyl (C=O) groups is 2. The average molecular weight is 474 g/mol. The lowest BCUT2D eigenvalue weighted by Crippen LogP contribution is -2.47. The molecule has 1 aliphatic rings. The van der Waals surface area contributed by atoms with E-state index in [1.807, 2.05) is 49.4 Å². The zero-order valence-electron chi connectivity index (χ0n) is 19.0. The molecule has 0 radical (unpaired) electrons. The van der Waals surface area contributed by atoms with Crippen LogP contribution in [0.5, 0.6) is 0 Å². The van der Waals surface area contributed by atoms with Gasteiger partial charge in [0.2, 0.25) is 5.91 Å². The molecule has 3 aromatic carbocycles. The van der Waals surface area contributed by atoms with Gasteiger partial charge in [-0.25, -0.2) is 0 Å². The summed E-state index contributed by atoms with van der Waals surface area (Å²) in [4.78, 5) is 50.6. The van der Waals surface area contributed by atoms with Gasteiger partial charge in [-0.3, -0.25) is 29.8 Å². The summed E-state index contributed by atoms with van der Waals surface area (Å²) >= 11 is 0. The highest BCUT2D eigenvalue weighted by molar-refractivity contribution is 6.08. The highest BCUT2D eigenvalue weighted by Gasteiger charge is 2.38. The Morgan fingerprint density at radius 2 is 1.49 bits per heavy atom. The van der Waals surface area contributed by atoms with Gasteiger partial charge in [-0.1, -0.05) is 36.4 Å². The molecule has 0 aromatic heterocycles. The van der Waals surface area contributed by atoms with Gasteiger partial charge in [0.25, 0.3) is 17.3 Å². The van der Waals surface area contributed by atoms with Gasteiger partial charge in [-0.15, -0.1) is 0 Å². The van der Waals surface area contributed by atoms with Crippen LogP contribution in [0.1, 0.15) is 42.2 Å². The lowest BCUT2D eigenvalue weighted by atomic mass is 9.89. The summed E-state index contributed by atoms with van der Waals surface area (Å²) in [5, 5.41) is 22.7. The second-order valence-corrected chi connectivity index (χ2v) is 8.31. The van der Waals surface area contributed by atoms with Crippen molar-refractivity contribution in [2.75, 3.05) is 9.80 Å². The number of anilines is 2. The number of nitro benzene ring substituents is 2. The molecule has 0 spiro atoms. The summed E-state index contributed by atoms with van der Waals surface area (Å²) in [6.07, 6.45) is 0.397. The lowest BCUT2D eigenvalue weighted by Gasteiger charge is -2.43. The van der Waals surface area contributed by atoms with Crippen LogP contribution in [0.2, 0.25) is 0 Å². The molecule has 2 amide bonds. The molecule has 0 unspecified atom stereocenters. The minimum absolute atomic E-state index is 0.155. The first kappa shape index (κ1) is 23.6. The molecular weight excluding hydrogens is 452 g/mol. The van der Waals surface area contributed by atoms with E-state index in [2.05, 4.69) is 0 Å². The summed E-state index contributed by atoms with van der Waals surface area (Å²) in [6, 6.07) is 18.5. The zero-order chi connectivity index (χ0) is 25.3. The Balaban J connectivity index is 1.81. The Hall–Kier alpha value is -4.60. The number of hydrogen-bond acceptors (Lipinski definition) is 6. The summed E-state index contributed by atoms with van der Waals surface area (Å²) in [5.74, 6) is -0.749. The Morgan fingerprint density at radius 1 is 0.914 bits per heavy atom. The molecule has 4 rings (SSSR count). The van der Waals surface area contributed by atoms with Gasteiger partial charge in [0.1, 0.15) is 0 Å². The molecular formula is C25H22N4O6. The third kappa shape index (κ3) is 4.45. The number of hydrogen-bond donors (Lipinski definition) is 0. The SMILES string of the molecule is CC(=O)N(c1ccccc1)[C@H]1C[C@@H](C)N(C(=O)c2cc([N+](=O)[O-])cc([N+](=O)[O-])c2)c2ccccc21. The van der Waals surface area contributed by atoms with E-state index in [0.29, 0.717) is 12.1 Å². The number of benzene rings is 3. The first-order valence-corrected chi connectivity index (χ1v) is 10.9. The van der Waals surface area contributed by atoms with Crippen LogP contribution in [0.25, 0.3) is 0 Å². The van der Waals surface area contributed by atoms with Gasteiger partial charge in [0.15, 0.2) is 0 Å². The molecule has 178 valence electrons. The van der Waals surface area contributed by atoms with E-state index in [0.717, 1.165) is 29.4 Å². The summed E-state index contributed by atoms with van der Waals surface area (Å²) < 4.78 is 0. The quantitative estimate of drug-likeness (QED) is 0.377. The molecule has 0 N–H and O–H groups in total. The molecule has 1 heterocycles. The van der Waals surface area contributed by atoms with E-state index in [-0.39, 0.29) is 17.5 Å². The highest BCUT2D eigenvalue weighted by atomic mass is 16.6. The molecule has 35 heavy (non-hydrogen) atoms. The minimum Gasteiger partial charge on any atom is -0.305 e. The number of nitrogens with zero attached hydrogens (tertiary/aromatic N) is 4. The van der Waals surface area contributed by atoms with Gasteiger partial charge in [0, 0.05) is 36.5 Å². The molecule has 2 atom stereocenters. The van der Waals surface area contributed by atoms with Gasteiger partial charge >= 0.3 is 0 Å². The van der Waals surface area contributed by atoms with E-state index in [1.165, 1.54) is 11.8 Å². The Kier molecular flexibility index (Phi) is 6.28. The molecule has 10 heteroatoms. The number of carbonyl (C=O) groups excluding carboxylic acids is 2. The van der Waals surface area contributed by atoms with Crippen molar-refractivity contribution in [3.63, 3.8) is 0 Å². The van der Waals surface area contributed by atoms with Crippen molar-refractivity contribution in [3.05, 3.63) is 104 Å². The van der Waals surface area contributed by atoms with Crippen LogP contribution in [0.3, 0.4) is 0 Å². The second kappa shape index (κ2) is 9.34. The first-order chi connectivity index (χ1) is 16.7. The molecule has 0 fully saturated rings. The van der Waals surface area contributed by atoms with Crippen LogP contribution in [-0.2, 0) is 4.79 Å². The largest absolute Gasteiger partial charge is 0.305 e. The molecule has 0 saturated heterocycles. The van der Waals surface area contributed by atoms with Gasteiger partial charge in [-0.2, -0.15) is 0 Å². The van der Waals surface area contributed by atoms with Crippen molar-refractivity contribution in [1.29, 1.82) is 0 Å². The predicted molar refractivity (Wildman–Crippen MR) is 129 cm³/mol. The van der Waals surface area contributed by atoms with Crippen molar-refractivity contribution in [3.8, 4) is 0 Å². The van der Waals surface area contributed by atoms with Crippen molar-refractivity contribution in [1.82, 2.24) is 0 Å². The van der Waals surface area contributed by atoms with E-state index in [4.69, 9.17) is 0 Å². The molecule has 0 saturated carbocycles. The van der Waals surface area contributed by atoms with Gasteiger partial charge in [0.05, 0.1) is 27.5 Å². The molecule has 0 aliphatic carbocycles. The molecule has 1 aliphatic heterocycles. The fourth-order valence-electron chi connectivity index (χ4n) is 4.57. The smallest absolute Gasteiger partial charge is 0.277 e. The predicted octanol–water partition coefficient (Wildman–Crippen LogP) is 5.04. The molecule has 3 aromatic rings. The van der Waals surface area contributed by atoms with Crippen LogP contribution in [0.4, 0.5) is 22.7 Å². The van der Waals surface area contributed by atoms with E-state index in [9.17, 15) is 29.8 Å². The second-order valence-electron chi connectivity index (χ2n) is 8.31. The van der Waals surface area contributed by atoms with Gasteiger partial charge in [-0.05, 0) is 37.1 Å². The van der Waals surface area contributed by atoms with Crippen LogP contribution < -0.4 is 9.80 Å². The first-order valence-electron chi connectivity index (χ1n) is 10.9. The average Bonchev–Trinajstić information content (AvgIpc) is 2.84. The number of non-ortho nitro benzene ring substituents is 2. The fraction of sp³-hybridized carbons (Fsp3) is 0.200. The normalized spacial score (nSPS) is 16.8. The van der Waals surface area contributed by atoms with Crippen molar-refractivity contribution in [2.45, 2.75) is 32.4 Å². The number of rotatable bonds is 5. The maximum absolute atomic E-state index is 13.6. The number of para-hydroxylation sites is 2. The monoisotopic (exact) mass is 474 g/mol. The summed E-state index contributed by atoms with van der Waals surface area (Å²) in [6.45, 7) is 3.30. The van der Waals surface area contributed by atoms with E-state index in [1.54, 1.807) is 17.0 Å². The number of amides is 2. The Morgan fingerprint density at radius 3 is 2.06 bits per heavy atom. The maximum Gasteiger partial charge on any atom is 0.277 e. The van der Waals surface area contributed by atoms with Crippen LogP contribution in [0, 0.1) is 20.2 Å². The van der Waals surface area contributed by atoms with E-state index < -0.39 is 33.2 Å². The minimum atomic E-state index is -0.766. The number of nitro groups is 2. The molecule has 10 nitrogen and oxygen atoms in total. The molecule has 0 bridgehead atoms. The van der Waals surface area contributed by atoms with Crippen molar-refractivity contribution < 1.29 is 19.4 Å².